The van der Waals surface area contributed by atoms with Gasteiger partial charge in [0.15, 0.2) is 0 Å². The van der Waals surface area contributed by atoms with Gasteiger partial charge in [-0.15, -0.1) is 0 Å². The molecule has 1 rings (SSSR count). The van der Waals surface area contributed by atoms with Gasteiger partial charge in [0.25, 0.3) is 0 Å². The van der Waals surface area contributed by atoms with E-state index in [4.69, 9.17) is 4.74 Å². The number of ether oxygens (including phenoxy) is 1. The van der Waals surface area contributed by atoms with Crippen LogP contribution in [0.2, 0.25) is 0 Å². The molecular formula is C11H17FO2. The number of alkyl halides is 1. The summed E-state index contributed by atoms with van der Waals surface area (Å²) in [5, 5.41) is 9.26. The number of hydrogen-bond acceptors (Lipinski definition) is 2. The Balaban J connectivity index is 0.000000791. The molecule has 0 heterocycles. The van der Waals surface area contributed by atoms with Crippen molar-refractivity contribution in [2.75, 3.05) is 13.8 Å². The number of aliphatic hydroxyl groups excluding tert-OH is 1. The first-order chi connectivity index (χ1) is 6.74. The molecule has 0 aromatic heterocycles. The van der Waals surface area contributed by atoms with Crippen molar-refractivity contribution in [3.63, 3.8) is 0 Å². The Morgan fingerprint density at radius 1 is 1.43 bits per heavy atom. The standard InChI is InChI=1S/C10H14O2.CH3F/c1-3-12-10-6-4-5-9(7-10)8(2)11;1-2/h4-8,11H,3H2,1-2H3;1H3. The van der Waals surface area contributed by atoms with Crippen molar-refractivity contribution in [2.45, 2.75) is 20.0 Å². The van der Waals surface area contributed by atoms with Crippen LogP contribution in [0.3, 0.4) is 0 Å². The van der Waals surface area contributed by atoms with Crippen LogP contribution >= 0.6 is 0 Å². The van der Waals surface area contributed by atoms with Crippen LogP contribution < -0.4 is 4.74 Å². The highest BCUT2D eigenvalue weighted by molar-refractivity contribution is 5.29. The fraction of sp³-hybridized carbons (Fsp3) is 0.455. The number of hydrogen-bond donors (Lipinski definition) is 1. The second-order valence-electron chi connectivity index (χ2n) is 2.68. The summed E-state index contributed by atoms with van der Waals surface area (Å²) in [6, 6.07) is 7.50. The molecule has 3 heteroatoms. The third-order valence-corrected chi connectivity index (χ3v) is 1.65. The average molecular weight is 200 g/mol. The summed E-state index contributed by atoms with van der Waals surface area (Å²) in [5.41, 5.74) is 0.890. The highest BCUT2D eigenvalue weighted by Crippen LogP contribution is 2.18. The fourth-order valence-electron chi connectivity index (χ4n) is 1.03. The quantitative estimate of drug-likeness (QED) is 0.812. The molecule has 0 spiro atoms. The molecule has 1 aromatic carbocycles. The normalized spacial score (nSPS) is 11.2. The number of benzene rings is 1. The van der Waals surface area contributed by atoms with Crippen LogP contribution in [-0.2, 0) is 0 Å². The Labute approximate surface area is 84.3 Å². The summed E-state index contributed by atoms with van der Waals surface area (Å²) in [5.74, 6) is 0.816. The summed E-state index contributed by atoms with van der Waals surface area (Å²) in [6.45, 7) is 4.34. The van der Waals surface area contributed by atoms with Crippen molar-refractivity contribution in [1.29, 1.82) is 0 Å². The Morgan fingerprint density at radius 3 is 2.57 bits per heavy atom. The maximum atomic E-state index is 9.50. The average Bonchev–Trinajstić information content (AvgIpc) is 2.22. The van der Waals surface area contributed by atoms with Crippen LogP contribution in [0.1, 0.15) is 25.5 Å². The summed E-state index contributed by atoms with van der Waals surface area (Å²) < 4.78 is 14.8. The summed E-state index contributed by atoms with van der Waals surface area (Å²) in [4.78, 5) is 0. The molecule has 0 aliphatic rings. The lowest BCUT2D eigenvalue weighted by molar-refractivity contribution is 0.198. The summed E-state index contributed by atoms with van der Waals surface area (Å²) >= 11 is 0. The minimum atomic E-state index is -0.426. The first-order valence-corrected chi connectivity index (χ1v) is 4.52. The molecular weight excluding hydrogens is 183 g/mol. The van der Waals surface area contributed by atoms with Crippen molar-refractivity contribution in [1.82, 2.24) is 0 Å². The van der Waals surface area contributed by atoms with Crippen LogP contribution in [0.5, 0.6) is 5.75 Å². The van der Waals surface area contributed by atoms with Crippen LogP contribution in [0.15, 0.2) is 24.3 Å². The molecule has 80 valence electrons. The van der Waals surface area contributed by atoms with Crippen molar-refractivity contribution in [2.24, 2.45) is 0 Å². The van der Waals surface area contributed by atoms with E-state index in [0.717, 1.165) is 11.3 Å². The third-order valence-electron chi connectivity index (χ3n) is 1.65. The lowest BCUT2D eigenvalue weighted by Gasteiger charge is -2.07. The first-order valence-electron chi connectivity index (χ1n) is 4.52. The molecule has 0 aliphatic heterocycles. The van der Waals surface area contributed by atoms with Gasteiger partial charge in [-0.05, 0) is 31.5 Å². The van der Waals surface area contributed by atoms with Crippen LogP contribution in [-0.4, -0.2) is 18.9 Å². The molecule has 1 N–H and O–H groups in total. The zero-order valence-electron chi connectivity index (χ0n) is 8.83. The number of aliphatic hydroxyl groups is 1. The molecule has 0 radical (unpaired) electrons. The van der Waals surface area contributed by atoms with Crippen molar-refractivity contribution >= 4 is 0 Å². The van der Waals surface area contributed by atoms with E-state index in [2.05, 4.69) is 0 Å². The van der Waals surface area contributed by atoms with E-state index in [1.54, 1.807) is 6.92 Å². The minimum Gasteiger partial charge on any atom is -0.494 e. The summed E-state index contributed by atoms with van der Waals surface area (Å²) in [6.07, 6.45) is -0.426. The van der Waals surface area contributed by atoms with Gasteiger partial charge < -0.3 is 9.84 Å². The monoisotopic (exact) mass is 200 g/mol. The largest absolute Gasteiger partial charge is 0.494 e. The maximum absolute atomic E-state index is 9.50. The zero-order chi connectivity index (χ0) is 11.0. The second kappa shape index (κ2) is 7.33. The Hall–Kier alpha value is -1.09. The lowest BCUT2D eigenvalue weighted by atomic mass is 10.1. The molecule has 0 saturated heterocycles. The number of rotatable bonds is 3. The Bertz CT molecular complexity index is 249. The SMILES string of the molecule is CCOc1cccc(C(C)O)c1.CF. The molecule has 1 aromatic rings. The highest BCUT2D eigenvalue weighted by Gasteiger charge is 2.00. The molecule has 2 nitrogen and oxygen atoms in total. The highest BCUT2D eigenvalue weighted by atomic mass is 19.1. The first kappa shape index (κ1) is 12.9. The third kappa shape index (κ3) is 4.23. The maximum Gasteiger partial charge on any atom is 0.119 e. The van der Waals surface area contributed by atoms with Gasteiger partial charge in [-0.2, -0.15) is 0 Å². The molecule has 0 fully saturated rings. The van der Waals surface area contributed by atoms with Gasteiger partial charge in [-0.1, -0.05) is 12.1 Å². The molecule has 1 atom stereocenters. The molecule has 1 unspecified atom stereocenters. The second-order valence-corrected chi connectivity index (χ2v) is 2.68. The predicted molar refractivity (Wildman–Crippen MR) is 55.3 cm³/mol. The van der Waals surface area contributed by atoms with E-state index >= 15 is 0 Å². The fourth-order valence-corrected chi connectivity index (χ4v) is 1.03. The van der Waals surface area contributed by atoms with Crippen LogP contribution in [0.4, 0.5) is 4.39 Å². The van der Waals surface area contributed by atoms with Gasteiger partial charge in [0, 0.05) is 0 Å². The van der Waals surface area contributed by atoms with Crippen molar-refractivity contribution in [3.8, 4) is 5.75 Å². The van der Waals surface area contributed by atoms with Crippen LogP contribution in [0, 0.1) is 0 Å². The van der Waals surface area contributed by atoms with E-state index in [1.807, 2.05) is 31.2 Å². The Morgan fingerprint density at radius 2 is 2.07 bits per heavy atom. The zero-order valence-corrected chi connectivity index (χ0v) is 8.83. The number of halogens is 1. The van der Waals surface area contributed by atoms with E-state index in [0.29, 0.717) is 13.8 Å². The predicted octanol–water partition coefficient (Wildman–Crippen LogP) is 2.72. The van der Waals surface area contributed by atoms with Crippen molar-refractivity contribution in [3.05, 3.63) is 29.8 Å². The lowest BCUT2D eigenvalue weighted by Crippen LogP contribution is -1.94. The van der Waals surface area contributed by atoms with Crippen LogP contribution in [0.25, 0.3) is 0 Å². The Kier molecular flexibility index (Phi) is 6.76. The summed E-state index contributed by atoms with van der Waals surface area (Å²) in [7, 11) is 0.500. The van der Waals surface area contributed by atoms with E-state index in [-0.39, 0.29) is 0 Å². The molecule has 0 aliphatic carbocycles. The topological polar surface area (TPSA) is 29.5 Å². The van der Waals surface area contributed by atoms with E-state index in [9.17, 15) is 9.50 Å². The van der Waals surface area contributed by atoms with Gasteiger partial charge in [0.1, 0.15) is 5.75 Å². The van der Waals surface area contributed by atoms with Gasteiger partial charge in [0.2, 0.25) is 0 Å². The van der Waals surface area contributed by atoms with Crippen molar-refractivity contribution < 1.29 is 14.2 Å². The van der Waals surface area contributed by atoms with Gasteiger partial charge in [0.05, 0.1) is 19.9 Å². The molecule has 14 heavy (non-hydrogen) atoms. The van der Waals surface area contributed by atoms with Gasteiger partial charge in [-0.25, -0.2) is 0 Å². The van der Waals surface area contributed by atoms with Gasteiger partial charge >= 0.3 is 0 Å². The smallest absolute Gasteiger partial charge is 0.119 e. The molecule has 0 bridgehead atoms. The van der Waals surface area contributed by atoms with E-state index < -0.39 is 6.10 Å². The van der Waals surface area contributed by atoms with Gasteiger partial charge in [-0.3, -0.25) is 4.39 Å². The molecule has 0 amide bonds. The minimum absolute atomic E-state index is 0.426. The molecule has 0 saturated carbocycles. The van der Waals surface area contributed by atoms with E-state index in [1.165, 1.54) is 0 Å².